The highest BCUT2D eigenvalue weighted by atomic mass is 32.2. The molecule has 0 bridgehead atoms. The first-order chi connectivity index (χ1) is 12.7. The van der Waals surface area contributed by atoms with Gasteiger partial charge in [0.15, 0.2) is 17.5 Å². The predicted molar refractivity (Wildman–Crippen MR) is 82.9 cm³/mol. The number of alkyl halides is 3. The first-order valence-electron chi connectivity index (χ1n) is 7.65. The van der Waals surface area contributed by atoms with Gasteiger partial charge in [-0.15, -0.1) is 22.0 Å². The van der Waals surface area contributed by atoms with Crippen molar-refractivity contribution in [3.8, 4) is 0 Å². The fourth-order valence-electron chi connectivity index (χ4n) is 2.59. The Morgan fingerprint density at radius 2 is 1.78 bits per heavy atom. The number of rotatable bonds is 4. The number of nitrogens with zero attached hydrogens (tertiary/aromatic N) is 4. The topological polar surface area (TPSA) is 51.0 Å². The summed E-state index contributed by atoms with van der Waals surface area (Å²) in [6.07, 6.45) is -4.62. The molecular weight excluding hydrogens is 398 g/mol. The third kappa shape index (κ3) is 4.20. The van der Waals surface area contributed by atoms with E-state index in [1.54, 1.807) is 0 Å². The minimum Gasteiger partial charge on any atom is -0.333 e. The summed E-state index contributed by atoms with van der Waals surface area (Å²) >= 11 is 0.984. The number of carbonyl (C=O) groups excluding carboxylic acids is 1. The third-order valence-corrected chi connectivity index (χ3v) is 4.90. The third-order valence-electron chi connectivity index (χ3n) is 3.93. The summed E-state index contributed by atoms with van der Waals surface area (Å²) < 4.78 is 78.9. The smallest absolute Gasteiger partial charge is 0.333 e. The van der Waals surface area contributed by atoms with E-state index in [-0.39, 0.29) is 48.4 Å². The molecule has 2 aromatic rings. The fourth-order valence-corrected chi connectivity index (χ4v) is 3.49. The molecule has 146 valence electrons. The van der Waals surface area contributed by atoms with Crippen molar-refractivity contribution < 1.29 is 31.1 Å². The molecule has 0 spiro atoms. The van der Waals surface area contributed by atoms with Gasteiger partial charge in [0.25, 0.3) is 0 Å². The second-order valence-corrected chi connectivity index (χ2v) is 6.74. The molecule has 0 N–H and O–H groups in total. The summed E-state index contributed by atoms with van der Waals surface area (Å²) in [5.74, 6) is -5.02. The molecule has 1 aromatic carbocycles. The van der Waals surface area contributed by atoms with Gasteiger partial charge in [-0.2, -0.15) is 13.2 Å². The minimum absolute atomic E-state index is 0.0265. The molecule has 0 saturated heterocycles. The van der Waals surface area contributed by atoms with E-state index in [2.05, 4.69) is 10.2 Å². The number of aromatic nitrogens is 3. The zero-order chi connectivity index (χ0) is 19.8. The molecule has 3 rings (SSSR count). The molecule has 1 aliphatic heterocycles. The van der Waals surface area contributed by atoms with Crippen LogP contribution in [0.4, 0.5) is 26.3 Å². The normalized spacial score (nSPS) is 14.4. The maximum Gasteiger partial charge on any atom is 0.451 e. The highest BCUT2D eigenvalue weighted by Crippen LogP contribution is 2.29. The monoisotopic (exact) mass is 410 g/mol. The molecule has 5 nitrogen and oxygen atoms in total. The Kier molecular flexibility index (Phi) is 5.36. The van der Waals surface area contributed by atoms with Crippen molar-refractivity contribution in [2.75, 3.05) is 12.3 Å². The van der Waals surface area contributed by atoms with Crippen molar-refractivity contribution in [3.05, 3.63) is 46.8 Å². The van der Waals surface area contributed by atoms with Gasteiger partial charge in [0.1, 0.15) is 5.82 Å². The molecule has 1 aromatic heterocycles. The van der Waals surface area contributed by atoms with E-state index in [1.807, 2.05) is 0 Å². The van der Waals surface area contributed by atoms with Crippen molar-refractivity contribution in [2.24, 2.45) is 0 Å². The van der Waals surface area contributed by atoms with Gasteiger partial charge in [-0.05, 0) is 6.07 Å². The lowest BCUT2D eigenvalue weighted by atomic mass is 10.2. The van der Waals surface area contributed by atoms with Crippen LogP contribution < -0.4 is 0 Å². The summed E-state index contributed by atoms with van der Waals surface area (Å²) in [7, 11) is 0. The fraction of sp³-hybridized carbons (Fsp3) is 0.400. The number of fused-ring (bicyclic) bond motifs is 1. The van der Waals surface area contributed by atoms with Crippen molar-refractivity contribution in [1.29, 1.82) is 0 Å². The molecule has 12 heteroatoms. The standard InChI is InChI=1S/C15H12F6N4OS/c16-9-4-11(18)10(17)3-8(9)6-27-7-13(26)24-1-2-25-12(5-24)22-23-14(25)15(19,20)21/h3-4H,1-2,5-7H2. The van der Waals surface area contributed by atoms with Crippen LogP contribution in [0.25, 0.3) is 0 Å². The lowest BCUT2D eigenvalue weighted by Gasteiger charge is -2.28. The quantitative estimate of drug-likeness (QED) is 0.575. The van der Waals surface area contributed by atoms with E-state index in [4.69, 9.17) is 0 Å². The van der Waals surface area contributed by atoms with E-state index in [0.29, 0.717) is 6.07 Å². The summed E-state index contributed by atoms with van der Waals surface area (Å²) in [6, 6.07) is 1.16. The van der Waals surface area contributed by atoms with E-state index < -0.39 is 29.5 Å². The minimum atomic E-state index is -4.62. The lowest BCUT2D eigenvalue weighted by Crippen LogP contribution is -2.40. The Labute approximate surface area is 153 Å². The lowest BCUT2D eigenvalue weighted by molar-refractivity contribution is -0.148. The number of hydrogen-bond acceptors (Lipinski definition) is 4. The van der Waals surface area contributed by atoms with Crippen LogP contribution in [0.3, 0.4) is 0 Å². The Bertz CT molecular complexity index is 869. The molecule has 2 heterocycles. The molecular formula is C15H12F6N4OS. The molecule has 0 aliphatic carbocycles. The molecule has 0 fully saturated rings. The van der Waals surface area contributed by atoms with Gasteiger partial charge < -0.3 is 9.47 Å². The van der Waals surface area contributed by atoms with E-state index in [1.165, 1.54) is 4.90 Å². The largest absolute Gasteiger partial charge is 0.451 e. The molecule has 0 saturated carbocycles. The molecule has 27 heavy (non-hydrogen) atoms. The second-order valence-electron chi connectivity index (χ2n) is 5.76. The number of thioether (sulfide) groups is 1. The van der Waals surface area contributed by atoms with Crippen LogP contribution in [0.1, 0.15) is 17.2 Å². The summed E-state index contributed by atoms with van der Waals surface area (Å²) in [6.45, 7) is -0.166. The van der Waals surface area contributed by atoms with Crippen LogP contribution in [-0.4, -0.2) is 37.9 Å². The Morgan fingerprint density at radius 3 is 2.48 bits per heavy atom. The summed E-state index contributed by atoms with van der Waals surface area (Å²) in [5, 5.41) is 6.61. The van der Waals surface area contributed by atoms with Crippen LogP contribution in [0.5, 0.6) is 0 Å². The Morgan fingerprint density at radius 1 is 1.07 bits per heavy atom. The van der Waals surface area contributed by atoms with Gasteiger partial charge in [-0.25, -0.2) is 13.2 Å². The van der Waals surface area contributed by atoms with Crippen molar-refractivity contribution in [1.82, 2.24) is 19.7 Å². The van der Waals surface area contributed by atoms with Gasteiger partial charge in [0.05, 0.1) is 12.3 Å². The first kappa shape index (κ1) is 19.5. The van der Waals surface area contributed by atoms with Crippen LogP contribution in [-0.2, 0) is 29.8 Å². The maximum absolute atomic E-state index is 13.5. The second kappa shape index (κ2) is 7.41. The molecule has 0 radical (unpaired) electrons. The van der Waals surface area contributed by atoms with Crippen LogP contribution in [0.2, 0.25) is 0 Å². The Balaban J connectivity index is 1.57. The molecule has 1 aliphatic rings. The van der Waals surface area contributed by atoms with Crippen molar-refractivity contribution in [3.63, 3.8) is 0 Å². The highest BCUT2D eigenvalue weighted by Gasteiger charge is 2.39. The van der Waals surface area contributed by atoms with Crippen LogP contribution in [0, 0.1) is 17.5 Å². The zero-order valence-corrected chi connectivity index (χ0v) is 14.4. The SMILES string of the molecule is O=C(CSCc1cc(F)c(F)cc1F)N1CCn2c(nnc2C(F)(F)F)C1. The summed E-state index contributed by atoms with van der Waals surface area (Å²) in [5.41, 5.74) is -0.0834. The number of halogens is 6. The van der Waals surface area contributed by atoms with Gasteiger partial charge in [0.2, 0.25) is 11.7 Å². The van der Waals surface area contributed by atoms with E-state index >= 15 is 0 Å². The van der Waals surface area contributed by atoms with Gasteiger partial charge in [-0.1, -0.05) is 0 Å². The first-order valence-corrected chi connectivity index (χ1v) is 8.80. The maximum atomic E-state index is 13.5. The molecule has 0 unspecified atom stereocenters. The zero-order valence-electron chi connectivity index (χ0n) is 13.6. The van der Waals surface area contributed by atoms with Gasteiger partial charge >= 0.3 is 6.18 Å². The van der Waals surface area contributed by atoms with Gasteiger partial charge in [0, 0.05) is 30.5 Å². The average Bonchev–Trinajstić information content (AvgIpc) is 3.02. The van der Waals surface area contributed by atoms with E-state index in [9.17, 15) is 31.1 Å². The van der Waals surface area contributed by atoms with Gasteiger partial charge in [-0.3, -0.25) is 4.79 Å². The van der Waals surface area contributed by atoms with Crippen LogP contribution >= 0.6 is 11.8 Å². The predicted octanol–water partition coefficient (Wildman–Crippen LogP) is 2.99. The molecule has 1 amide bonds. The van der Waals surface area contributed by atoms with Crippen LogP contribution in [0.15, 0.2) is 12.1 Å². The Hall–Kier alpha value is -2.24. The number of amides is 1. The molecule has 0 atom stereocenters. The average molecular weight is 410 g/mol. The van der Waals surface area contributed by atoms with E-state index in [0.717, 1.165) is 22.4 Å². The number of hydrogen-bond donors (Lipinski definition) is 0. The van der Waals surface area contributed by atoms with Crippen molar-refractivity contribution in [2.45, 2.75) is 25.0 Å². The highest BCUT2D eigenvalue weighted by molar-refractivity contribution is 7.99. The van der Waals surface area contributed by atoms with Crippen molar-refractivity contribution >= 4 is 17.7 Å². The number of benzene rings is 1. The number of carbonyl (C=O) groups is 1. The summed E-state index contributed by atoms with van der Waals surface area (Å²) in [4.78, 5) is 13.5.